The highest BCUT2D eigenvalue weighted by molar-refractivity contribution is 6.03. The van der Waals surface area contributed by atoms with E-state index in [-0.39, 0.29) is 0 Å². The Morgan fingerprint density at radius 1 is 1.22 bits per heavy atom. The van der Waals surface area contributed by atoms with Crippen LogP contribution >= 0.6 is 0 Å². The van der Waals surface area contributed by atoms with Gasteiger partial charge in [-0.15, -0.1) is 0 Å². The summed E-state index contributed by atoms with van der Waals surface area (Å²) < 4.78 is 37.8. The lowest BCUT2D eigenvalue weighted by atomic mass is 10.2. The van der Waals surface area contributed by atoms with Gasteiger partial charge in [0.1, 0.15) is 11.3 Å². The molecule has 3 aromatic heterocycles. The largest absolute Gasteiger partial charge is 0.433 e. The van der Waals surface area contributed by atoms with Crippen LogP contribution in [0.25, 0.3) is 22.1 Å². The number of alkyl halides is 3. The van der Waals surface area contributed by atoms with Crippen molar-refractivity contribution in [3.8, 4) is 0 Å². The third kappa shape index (κ3) is 1.61. The van der Waals surface area contributed by atoms with Gasteiger partial charge in [0, 0.05) is 11.6 Å². The lowest BCUT2D eigenvalue weighted by Gasteiger charge is -2.04. The molecule has 0 bridgehead atoms. The van der Waals surface area contributed by atoms with Crippen molar-refractivity contribution >= 4 is 22.1 Å². The lowest BCUT2D eigenvalue weighted by Crippen LogP contribution is -2.07. The predicted octanol–water partition coefficient (Wildman–Crippen LogP) is 3.44. The highest BCUT2D eigenvalue weighted by atomic mass is 19.4. The van der Waals surface area contributed by atoms with E-state index in [0.29, 0.717) is 22.1 Å². The van der Waals surface area contributed by atoms with Gasteiger partial charge in [-0.05, 0) is 30.7 Å². The van der Waals surface area contributed by atoms with Crippen molar-refractivity contribution in [3.05, 3.63) is 35.7 Å². The van der Waals surface area contributed by atoms with Crippen molar-refractivity contribution in [2.45, 2.75) is 13.1 Å². The molecule has 3 nitrogen and oxygen atoms in total. The Balaban J connectivity index is 2.38. The number of nitrogens with zero attached hydrogens (tertiary/aromatic N) is 2. The van der Waals surface area contributed by atoms with Crippen molar-refractivity contribution < 1.29 is 13.2 Å². The summed E-state index contributed by atoms with van der Waals surface area (Å²) in [5, 5.41) is 0.608. The maximum atomic E-state index is 12.6. The zero-order valence-electron chi connectivity index (χ0n) is 9.34. The van der Waals surface area contributed by atoms with E-state index >= 15 is 0 Å². The van der Waals surface area contributed by atoms with Gasteiger partial charge >= 0.3 is 6.18 Å². The summed E-state index contributed by atoms with van der Waals surface area (Å²) >= 11 is 0. The van der Waals surface area contributed by atoms with Crippen LogP contribution in [0.5, 0.6) is 0 Å². The van der Waals surface area contributed by atoms with Crippen LogP contribution in [0, 0.1) is 6.92 Å². The van der Waals surface area contributed by atoms with Crippen LogP contribution in [0.4, 0.5) is 13.2 Å². The van der Waals surface area contributed by atoms with Crippen molar-refractivity contribution in [2.75, 3.05) is 0 Å². The van der Waals surface area contributed by atoms with Crippen LogP contribution in [-0.4, -0.2) is 15.0 Å². The molecule has 0 aliphatic carbocycles. The SMILES string of the molecule is Cc1cnc2[nH]c3ccc(C(F)(F)F)nc3c2c1. The van der Waals surface area contributed by atoms with Gasteiger partial charge in [-0.1, -0.05) is 0 Å². The second-order valence-corrected chi connectivity index (χ2v) is 4.12. The number of halogens is 3. The number of H-pyrrole nitrogens is 1. The molecule has 0 spiro atoms. The van der Waals surface area contributed by atoms with E-state index in [0.717, 1.165) is 11.6 Å². The van der Waals surface area contributed by atoms with Crippen LogP contribution in [0.1, 0.15) is 11.3 Å². The van der Waals surface area contributed by atoms with Gasteiger partial charge in [-0.2, -0.15) is 13.2 Å². The molecule has 0 unspecified atom stereocenters. The van der Waals surface area contributed by atoms with E-state index in [2.05, 4.69) is 15.0 Å². The molecular weight excluding hydrogens is 243 g/mol. The van der Waals surface area contributed by atoms with Crippen LogP contribution in [0.15, 0.2) is 24.4 Å². The second kappa shape index (κ2) is 3.44. The quantitative estimate of drug-likeness (QED) is 0.665. The summed E-state index contributed by atoms with van der Waals surface area (Å²) in [5.74, 6) is 0. The highest BCUT2D eigenvalue weighted by Crippen LogP contribution is 2.31. The summed E-state index contributed by atoms with van der Waals surface area (Å²) in [7, 11) is 0. The third-order valence-electron chi connectivity index (χ3n) is 2.72. The number of rotatable bonds is 0. The van der Waals surface area contributed by atoms with Crippen molar-refractivity contribution in [1.29, 1.82) is 0 Å². The first-order valence-corrected chi connectivity index (χ1v) is 5.27. The summed E-state index contributed by atoms with van der Waals surface area (Å²) in [4.78, 5) is 10.8. The summed E-state index contributed by atoms with van der Waals surface area (Å²) in [6.45, 7) is 1.83. The van der Waals surface area contributed by atoms with Crippen LogP contribution in [-0.2, 0) is 6.18 Å². The van der Waals surface area contributed by atoms with E-state index in [1.54, 1.807) is 12.3 Å². The molecule has 0 aliphatic rings. The Bertz CT molecular complexity index is 743. The van der Waals surface area contributed by atoms with Gasteiger partial charge in [0.2, 0.25) is 0 Å². The number of aromatic nitrogens is 3. The Morgan fingerprint density at radius 2 is 2.00 bits per heavy atom. The molecule has 3 aromatic rings. The number of hydrogen-bond acceptors (Lipinski definition) is 2. The number of aromatic amines is 1. The molecule has 0 aliphatic heterocycles. The Hall–Kier alpha value is -2.11. The first-order chi connectivity index (χ1) is 8.45. The van der Waals surface area contributed by atoms with Crippen molar-refractivity contribution in [1.82, 2.24) is 15.0 Å². The maximum Gasteiger partial charge on any atom is 0.433 e. The average Bonchev–Trinajstić information content (AvgIpc) is 2.65. The Morgan fingerprint density at radius 3 is 2.72 bits per heavy atom. The van der Waals surface area contributed by atoms with E-state index in [1.165, 1.54) is 6.07 Å². The molecule has 0 fully saturated rings. The highest BCUT2D eigenvalue weighted by Gasteiger charge is 2.32. The zero-order chi connectivity index (χ0) is 12.9. The minimum Gasteiger partial charge on any atom is -0.338 e. The zero-order valence-corrected chi connectivity index (χ0v) is 9.34. The second-order valence-electron chi connectivity index (χ2n) is 4.12. The molecule has 18 heavy (non-hydrogen) atoms. The monoisotopic (exact) mass is 251 g/mol. The van der Waals surface area contributed by atoms with Crippen molar-refractivity contribution in [3.63, 3.8) is 0 Å². The molecule has 1 N–H and O–H groups in total. The van der Waals surface area contributed by atoms with Crippen LogP contribution < -0.4 is 0 Å². The van der Waals surface area contributed by atoms with Gasteiger partial charge in [-0.3, -0.25) is 0 Å². The number of fused-ring (bicyclic) bond motifs is 3. The van der Waals surface area contributed by atoms with Gasteiger partial charge in [0.15, 0.2) is 0 Å². The molecule has 0 atom stereocenters. The minimum atomic E-state index is -4.44. The molecular formula is C12H8F3N3. The minimum absolute atomic E-state index is 0.302. The molecule has 0 radical (unpaired) electrons. The van der Waals surface area contributed by atoms with Gasteiger partial charge in [0.25, 0.3) is 0 Å². The predicted molar refractivity (Wildman–Crippen MR) is 61.1 cm³/mol. The van der Waals surface area contributed by atoms with E-state index in [1.807, 2.05) is 6.92 Å². The average molecular weight is 251 g/mol. The molecule has 0 saturated heterocycles. The molecule has 0 saturated carbocycles. The van der Waals surface area contributed by atoms with Gasteiger partial charge < -0.3 is 4.98 Å². The molecule has 3 rings (SSSR count). The van der Waals surface area contributed by atoms with Crippen LogP contribution in [0.2, 0.25) is 0 Å². The fraction of sp³-hybridized carbons (Fsp3) is 0.167. The van der Waals surface area contributed by atoms with E-state index < -0.39 is 11.9 Å². The Labute approximate surface area is 99.7 Å². The number of pyridine rings is 2. The standard InChI is InChI=1S/C12H8F3N3/c1-6-4-7-10-8(17-11(7)16-5-6)2-3-9(18-10)12(13,14)15/h2-5H,1H3,(H,16,17). The molecule has 92 valence electrons. The van der Waals surface area contributed by atoms with Crippen molar-refractivity contribution in [2.24, 2.45) is 0 Å². The fourth-order valence-corrected chi connectivity index (χ4v) is 1.90. The lowest BCUT2D eigenvalue weighted by molar-refractivity contribution is -0.140. The number of hydrogen-bond donors (Lipinski definition) is 1. The van der Waals surface area contributed by atoms with Gasteiger partial charge in [0.05, 0.1) is 11.0 Å². The molecule has 3 heterocycles. The Kier molecular flexibility index (Phi) is 2.10. The molecule has 0 aromatic carbocycles. The topological polar surface area (TPSA) is 41.6 Å². The van der Waals surface area contributed by atoms with Crippen LogP contribution in [0.3, 0.4) is 0 Å². The number of nitrogens with one attached hydrogen (secondary N) is 1. The first-order valence-electron chi connectivity index (χ1n) is 5.27. The summed E-state index contributed by atoms with van der Waals surface area (Å²) in [6, 6.07) is 4.11. The normalized spacial score (nSPS) is 12.4. The summed E-state index contributed by atoms with van der Waals surface area (Å²) in [5.41, 5.74) is 1.38. The van der Waals surface area contributed by atoms with Gasteiger partial charge in [-0.25, -0.2) is 9.97 Å². The van der Waals surface area contributed by atoms with E-state index in [4.69, 9.17) is 0 Å². The smallest absolute Gasteiger partial charge is 0.338 e. The maximum absolute atomic E-state index is 12.6. The van der Waals surface area contributed by atoms with E-state index in [9.17, 15) is 13.2 Å². The molecule has 6 heteroatoms. The fourth-order valence-electron chi connectivity index (χ4n) is 1.90. The summed E-state index contributed by atoms with van der Waals surface area (Å²) in [6.07, 6.45) is -2.78. The number of aryl methyl sites for hydroxylation is 1. The third-order valence-corrected chi connectivity index (χ3v) is 2.72. The first kappa shape index (κ1) is 11.0. The molecule has 0 amide bonds.